The number of nitrogens with zero attached hydrogens (tertiary/aromatic N) is 1. The van der Waals surface area contributed by atoms with Crippen molar-refractivity contribution in [2.24, 2.45) is 0 Å². The van der Waals surface area contributed by atoms with Crippen LogP contribution in [0.2, 0.25) is 0 Å². The standard InChI is InChI=1S/C24H27N3O6/c28-22(29)13-19(17-9-10-20-21(12-17)33-15-32-20)26-24(31)25-18-8-4-5-11-27(23(18)30)14-16-6-2-1-3-7-16/h1-3,6-7,9-10,12,18-19H,4-5,8,11,13-15H2,(H,28,29)(H2,25,26,31)/t18?,19-/m1/s1. The number of ether oxygens (including phenoxy) is 2. The molecular weight excluding hydrogens is 426 g/mol. The summed E-state index contributed by atoms with van der Waals surface area (Å²) in [5.74, 6) is -0.123. The summed E-state index contributed by atoms with van der Waals surface area (Å²) in [6.07, 6.45) is 1.89. The Balaban J connectivity index is 1.42. The third-order valence-corrected chi connectivity index (χ3v) is 5.79. The van der Waals surface area contributed by atoms with Crippen molar-refractivity contribution in [1.29, 1.82) is 0 Å². The molecule has 2 atom stereocenters. The molecule has 0 aliphatic carbocycles. The van der Waals surface area contributed by atoms with Crippen LogP contribution in [0.3, 0.4) is 0 Å². The van der Waals surface area contributed by atoms with Crippen LogP contribution in [-0.2, 0) is 16.1 Å². The second-order valence-electron chi connectivity index (χ2n) is 8.17. The topological polar surface area (TPSA) is 117 Å². The van der Waals surface area contributed by atoms with Crippen molar-refractivity contribution in [3.05, 3.63) is 59.7 Å². The van der Waals surface area contributed by atoms with E-state index in [0.29, 0.717) is 36.6 Å². The van der Waals surface area contributed by atoms with Gasteiger partial charge in [0.15, 0.2) is 11.5 Å². The first-order valence-corrected chi connectivity index (χ1v) is 11.0. The molecule has 3 N–H and O–H groups in total. The van der Waals surface area contributed by atoms with Gasteiger partial charge in [0.05, 0.1) is 12.5 Å². The highest BCUT2D eigenvalue weighted by Crippen LogP contribution is 2.34. The van der Waals surface area contributed by atoms with E-state index >= 15 is 0 Å². The predicted octanol–water partition coefficient (Wildman–Crippen LogP) is 2.81. The molecule has 3 amide bonds. The van der Waals surface area contributed by atoms with Crippen LogP contribution in [0.1, 0.15) is 42.9 Å². The number of urea groups is 1. The number of carboxylic acids is 1. The van der Waals surface area contributed by atoms with E-state index in [1.807, 2.05) is 30.3 Å². The summed E-state index contributed by atoms with van der Waals surface area (Å²) < 4.78 is 10.7. The first-order valence-electron chi connectivity index (χ1n) is 11.0. The van der Waals surface area contributed by atoms with Gasteiger partial charge < -0.3 is 30.1 Å². The van der Waals surface area contributed by atoms with Crippen LogP contribution < -0.4 is 20.1 Å². The average Bonchev–Trinajstić information content (AvgIpc) is 3.21. The predicted molar refractivity (Wildman–Crippen MR) is 119 cm³/mol. The van der Waals surface area contributed by atoms with E-state index in [0.717, 1.165) is 18.4 Å². The van der Waals surface area contributed by atoms with Crippen molar-refractivity contribution in [2.45, 2.75) is 44.3 Å². The largest absolute Gasteiger partial charge is 0.481 e. The van der Waals surface area contributed by atoms with Crippen molar-refractivity contribution in [1.82, 2.24) is 15.5 Å². The van der Waals surface area contributed by atoms with Gasteiger partial charge in [-0.05, 0) is 42.5 Å². The Kier molecular flexibility index (Phi) is 6.97. The first-order chi connectivity index (χ1) is 16.0. The number of carbonyl (C=O) groups excluding carboxylic acids is 2. The number of hydrogen-bond acceptors (Lipinski definition) is 5. The van der Waals surface area contributed by atoms with E-state index in [2.05, 4.69) is 10.6 Å². The van der Waals surface area contributed by atoms with E-state index in [4.69, 9.17) is 9.47 Å². The smallest absolute Gasteiger partial charge is 0.315 e. The van der Waals surface area contributed by atoms with Crippen LogP contribution in [0, 0.1) is 0 Å². The van der Waals surface area contributed by atoms with Gasteiger partial charge in [-0.15, -0.1) is 0 Å². The average molecular weight is 453 g/mol. The van der Waals surface area contributed by atoms with Crippen molar-refractivity contribution in [3.63, 3.8) is 0 Å². The maximum atomic E-state index is 13.1. The molecule has 0 saturated carbocycles. The Hall–Kier alpha value is -3.75. The summed E-state index contributed by atoms with van der Waals surface area (Å²) in [6, 6.07) is 12.7. The third-order valence-electron chi connectivity index (χ3n) is 5.79. The molecular formula is C24H27N3O6. The van der Waals surface area contributed by atoms with Gasteiger partial charge >= 0.3 is 12.0 Å². The number of benzene rings is 2. The minimum atomic E-state index is -1.06. The maximum absolute atomic E-state index is 13.1. The van der Waals surface area contributed by atoms with Crippen molar-refractivity contribution >= 4 is 17.9 Å². The fourth-order valence-corrected chi connectivity index (χ4v) is 4.11. The van der Waals surface area contributed by atoms with Crippen LogP contribution in [0.5, 0.6) is 11.5 Å². The number of carbonyl (C=O) groups is 3. The molecule has 2 aliphatic heterocycles. The molecule has 0 spiro atoms. The SMILES string of the molecule is O=C(O)C[C@@H](NC(=O)NC1CCCCN(Cc2ccccc2)C1=O)c1ccc2c(c1)OCO2. The van der Waals surface area contributed by atoms with E-state index in [1.54, 1.807) is 23.1 Å². The quantitative estimate of drug-likeness (QED) is 0.594. The summed E-state index contributed by atoms with van der Waals surface area (Å²) in [5, 5.41) is 14.8. The summed E-state index contributed by atoms with van der Waals surface area (Å²) in [6.45, 7) is 1.21. The molecule has 1 fully saturated rings. The number of carboxylic acid groups (broad SMARTS) is 1. The molecule has 2 aromatic rings. The zero-order chi connectivity index (χ0) is 23.2. The molecule has 4 rings (SSSR count). The zero-order valence-electron chi connectivity index (χ0n) is 18.2. The molecule has 1 unspecified atom stereocenters. The fourth-order valence-electron chi connectivity index (χ4n) is 4.11. The van der Waals surface area contributed by atoms with Gasteiger partial charge in [0.25, 0.3) is 0 Å². The summed E-state index contributed by atoms with van der Waals surface area (Å²) >= 11 is 0. The van der Waals surface area contributed by atoms with Crippen LogP contribution in [0.15, 0.2) is 48.5 Å². The zero-order valence-corrected chi connectivity index (χ0v) is 18.2. The van der Waals surface area contributed by atoms with Crippen molar-refractivity contribution in [2.75, 3.05) is 13.3 Å². The van der Waals surface area contributed by atoms with Gasteiger partial charge in [0.2, 0.25) is 12.7 Å². The molecule has 2 aliphatic rings. The highest BCUT2D eigenvalue weighted by atomic mass is 16.7. The molecule has 0 aromatic heterocycles. The maximum Gasteiger partial charge on any atom is 0.315 e. The molecule has 174 valence electrons. The van der Waals surface area contributed by atoms with Gasteiger partial charge in [-0.25, -0.2) is 4.79 Å². The molecule has 0 radical (unpaired) electrons. The molecule has 1 saturated heterocycles. The Morgan fingerprint density at radius 1 is 1.09 bits per heavy atom. The summed E-state index contributed by atoms with van der Waals surface area (Å²) in [7, 11) is 0. The number of nitrogens with one attached hydrogen (secondary N) is 2. The second kappa shape index (κ2) is 10.2. The molecule has 33 heavy (non-hydrogen) atoms. The Bertz CT molecular complexity index is 1010. The Morgan fingerprint density at radius 2 is 1.88 bits per heavy atom. The van der Waals surface area contributed by atoms with Gasteiger partial charge in [0.1, 0.15) is 6.04 Å². The van der Waals surface area contributed by atoms with Gasteiger partial charge in [-0.3, -0.25) is 9.59 Å². The van der Waals surface area contributed by atoms with Crippen LogP contribution in [0.4, 0.5) is 4.79 Å². The lowest BCUT2D eigenvalue weighted by molar-refractivity contribution is -0.137. The van der Waals surface area contributed by atoms with E-state index in [9.17, 15) is 19.5 Å². The molecule has 9 heteroatoms. The normalized spacial score (nSPS) is 18.4. The lowest BCUT2D eigenvalue weighted by atomic mass is 10.0. The minimum absolute atomic E-state index is 0.0968. The van der Waals surface area contributed by atoms with Gasteiger partial charge in [0, 0.05) is 13.1 Å². The number of fused-ring (bicyclic) bond motifs is 1. The Morgan fingerprint density at radius 3 is 2.67 bits per heavy atom. The van der Waals surface area contributed by atoms with Crippen LogP contribution in [0.25, 0.3) is 0 Å². The number of amides is 3. The lowest BCUT2D eigenvalue weighted by Gasteiger charge is -2.26. The lowest BCUT2D eigenvalue weighted by Crippen LogP contribution is -2.50. The second-order valence-corrected chi connectivity index (χ2v) is 8.17. The number of aliphatic carboxylic acids is 1. The van der Waals surface area contributed by atoms with Crippen molar-refractivity contribution < 1.29 is 29.0 Å². The summed E-state index contributed by atoms with van der Waals surface area (Å²) in [4.78, 5) is 39.1. The monoisotopic (exact) mass is 453 g/mol. The summed E-state index contributed by atoms with van der Waals surface area (Å²) in [5.41, 5.74) is 1.61. The highest BCUT2D eigenvalue weighted by molar-refractivity contribution is 5.87. The number of rotatable bonds is 7. The number of likely N-dealkylation sites (tertiary alicyclic amines) is 1. The third kappa shape index (κ3) is 5.74. The van der Waals surface area contributed by atoms with Gasteiger partial charge in [-0.1, -0.05) is 36.4 Å². The number of hydrogen-bond donors (Lipinski definition) is 3. The van der Waals surface area contributed by atoms with E-state index < -0.39 is 24.1 Å². The van der Waals surface area contributed by atoms with Crippen LogP contribution in [-0.4, -0.2) is 47.3 Å². The fraction of sp³-hybridized carbons (Fsp3) is 0.375. The van der Waals surface area contributed by atoms with E-state index in [1.165, 1.54) is 0 Å². The molecule has 2 aromatic carbocycles. The Labute approximate surface area is 191 Å². The van der Waals surface area contributed by atoms with Gasteiger partial charge in [-0.2, -0.15) is 0 Å². The molecule has 9 nitrogen and oxygen atoms in total. The van der Waals surface area contributed by atoms with Crippen molar-refractivity contribution in [3.8, 4) is 11.5 Å². The first kappa shape index (κ1) is 22.4. The minimum Gasteiger partial charge on any atom is -0.481 e. The molecule has 2 heterocycles. The van der Waals surface area contributed by atoms with E-state index in [-0.39, 0.29) is 19.1 Å². The highest BCUT2D eigenvalue weighted by Gasteiger charge is 2.29. The molecule has 0 bridgehead atoms. The van der Waals surface area contributed by atoms with Crippen LogP contribution >= 0.6 is 0 Å².